The second kappa shape index (κ2) is 9.90. The fraction of sp³-hybridized carbons (Fsp3) is 0.292. The zero-order chi connectivity index (χ0) is 19.8. The maximum atomic E-state index is 5.32. The third kappa shape index (κ3) is 5.57. The number of H-pyrrole nitrogens is 1. The number of anilines is 1. The minimum atomic E-state index is 0.626. The minimum absolute atomic E-state index is 0.626. The van der Waals surface area contributed by atoms with Gasteiger partial charge < -0.3 is 15.0 Å². The van der Waals surface area contributed by atoms with Crippen LogP contribution in [0.3, 0.4) is 0 Å². The van der Waals surface area contributed by atoms with Crippen LogP contribution in [-0.4, -0.2) is 29.7 Å². The van der Waals surface area contributed by atoms with Crippen LogP contribution in [0.1, 0.15) is 26.3 Å². The summed E-state index contributed by atoms with van der Waals surface area (Å²) in [5, 5.41) is 3.44. The number of benzene rings is 2. The van der Waals surface area contributed by atoms with Gasteiger partial charge in [0.2, 0.25) is 0 Å². The predicted molar refractivity (Wildman–Crippen MR) is 118 cm³/mol. The highest BCUT2D eigenvalue weighted by Crippen LogP contribution is 2.24. The molecule has 0 atom stereocenters. The van der Waals surface area contributed by atoms with Gasteiger partial charge in [-0.25, -0.2) is 4.98 Å². The fourth-order valence-corrected chi connectivity index (χ4v) is 2.83. The summed E-state index contributed by atoms with van der Waals surface area (Å²) in [5.41, 5.74) is 5.52. The van der Waals surface area contributed by atoms with Crippen LogP contribution in [0.4, 0.5) is 5.69 Å². The number of aromatic nitrogens is 2. The van der Waals surface area contributed by atoms with Gasteiger partial charge in [0.25, 0.3) is 0 Å². The van der Waals surface area contributed by atoms with Gasteiger partial charge in [-0.1, -0.05) is 62.4 Å². The molecule has 146 valence electrons. The largest absolute Gasteiger partial charge is 0.385 e. The number of hydrogen-bond donors (Lipinski definition) is 2. The van der Waals surface area contributed by atoms with Gasteiger partial charge in [0, 0.05) is 24.4 Å². The molecule has 3 aromatic rings. The second-order valence-electron chi connectivity index (χ2n) is 7.18. The lowest BCUT2D eigenvalue weighted by atomic mass is 10.1. The van der Waals surface area contributed by atoms with E-state index in [2.05, 4.69) is 83.7 Å². The molecule has 1 aromatic heterocycles. The predicted octanol–water partition coefficient (Wildman–Crippen LogP) is 5.86. The Balaban J connectivity index is 1.65. The smallest absolute Gasteiger partial charge is 0.137 e. The normalized spacial score (nSPS) is 11.4. The first-order valence-corrected chi connectivity index (χ1v) is 9.89. The second-order valence-corrected chi connectivity index (χ2v) is 7.18. The molecule has 4 nitrogen and oxygen atoms in total. The van der Waals surface area contributed by atoms with Crippen molar-refractivity contribution < 1.29 is 4.74 Å². The lowest BCUT2D eigenvalue weighted by Gasteiger charge is -2.09. The number of imidazole rings is 1. The number of hydrogen-bond acceptors (Lipinski definition) is 3. The summed E-state index contributed by atoms with van der Waals surface area (Å²) >= 11 is 0. The van der Waals surface area contributed by atoms with Crippen LogP contribution in [0.25, 0.3) is 28.7 Å². The van der Waals surface area contributed by atoms with Gasteiger partial charge in [-0.15, -0.1) is 0 Å². The first-order valence-electron chi connectivity index (χ1n) is 9.89. The van der Waals surface area contributed by atoms with Crippen molar-refractivity contribution in [3.63, 3.8) is 0 Å². The van der Waals surface area contributed by atoms with E-state index in [1.54, 1.807) is 0 Å². The number of aromatic amines is 1. The summed E-state index contributed by atoms with van der Waals surface area (Å²) in [6.45, 7) is 8.77. The molecular weight excluding hydrogens is 346 g/mol. The van der Waals surface area contributed by atoms with Gasteiger partial charge in [0.15, 0.2) is 0 Å². The summed E-state index contributed by atoms with van der Waals surface area (Å²) in [5.74, 6) is 1.50. The van der Waals surface area contributed by atoms with E-state index in [-0.39, 0.29) is 0 Å². The topological polar surface area (TPSA) is 49.9 Å². The highest BCUT2D eigenvalue weighted by atomic mass is 16.5. The number of rotatable bonds is 9. The third-order valence-corrected chi connectivity index (χ3v) is 4.40. The molecule has 0 aliphatic carbocycles. The average molecular weight is 376 g/mol. The molecular formula is C24H29N3O. The van der Waals surface area contributed by atoms with E-state index in [9.17, 15) is 0 Å². The van der Waals surface area contributed by atoms with E-state index in [1.807, 2.05) is 19.2 Å². The maximum absolute atomic E-state index is 5.32. The molecule has 0 fully saturated rings. The maximum Gasteiger partial charge on any atom is 0.137 e. The third-order valence-electron chi connectivity index (χ3n) is 4.40. The van der Waals surface area contributed by atoms with Crippen LogP contribution in [0, 0.1) is 5.92 Å². The quantitative estimate of drug-likeness (QED) is 0.460. The molecule has 28 heavy (non-hydrogen) atoms. The van der Waals surface area contributed by atoms with Gasteiger partial charge in [-0.2, -0.15) is 0 Å². The van der Waals surface area contributed by atoms with Crippen molar-refractivity contribution in [3.05, 3.63) is 66.4 Å². The highest BCUT2D eigenvalue weighted by Gasteiger charge is 2.06. The van der Waals surface area contributed by atoms with Crippen molar-refractivity contribution >= 4 is 11.8 Å². The van der Waals surface area contributed by atoms with E-state index < -0.39 is 0 Å². The summed E-state index contributed by atoms with van der Waals surface area (Å²) in [4.78, 5) is 7.98. The van der Waals surface area contributed by atoms with E-state index in [0.29, 0.717) is 12.5 Å². The standard InChI is InChI=1S/C24H29N3O/c1-4-28-15-5-6-19-7-9-21(10-8-19)24-26-17-23(27-24)20-11-13-22(14-12-20)25-16-18(2)3/h5-14,17-18,25H,4,15-16H2,1-3H3,(H,26,27)/b6-5+. The van der Waals surface area contributed by atoms with Gasteiger partial charge in [-0.05, 0) is 36.1 Å². The van der Waals surface area contributed by atoms with Crippen LogP contribution >= 0.6 is 0 Å². The minimum Gasteiger partial charge on any atom is -0.385 e. The van der Waals surface area contributed by atoms with Crippen LogP contribution in [0.2, 0.25) is 0 Å². The van der Waals surface area contributed by atoms with Gasteiger partial charge in [0.05, 0.1) is 18.5 Å². The Labute approximate surface area is 167 Å². The van der Waals surface area contributed by atoms with Gasteiger partial charge in [0.1, 0.15) is 5.82 Å². The number of ether oxygens (including phenoxy) is 1. The van der Waals surface area contributed by atoms with Crippen LogP contribution in [0.15, 0.2) is 60.8 Å². The molecule has 2 N–H and O–H groups in total. The Bertz CT molecular complexity index is 877. The van der Waals surface area contributed by atoms with Crippen LogP contribution < -0.4 is 5.32 Å². The molecule has 0 aliphatic heterocycles. The lowest BCUT2D eigenvalue weighted by molar-refractivity contribution is 0.178. The Hall–Kier alpha value is -2.85. The van der Waals surface area contributed by atoms with Crippen molar-refractivity contribution in [1.29, 1.82) is 0 Å². The molecule has 1 heterocycles. The van der Waals surface area contributed by atoms with Crippen LogP contribution in [-0.2, 0) is 4.74 Å². The molecule has 0 unspecified atom stereocenters. The average Bonchev–Trinajstić information content (AvgIpc) is 3.21. The van der Waals surface area contributed by atoms with E-state index in [0.717, 1.165) is 47.0 Å². The van der Waals surface area contributed by atoms with Crippen LogP contribution in [0.5, 0.6) is 0 Å². The molecule has 0 saturated heterocycles. The van der Waals surface area contributed by atoms with E-state index in [1.165, 1.54) is 0 Å². The zero-order valence-electron chi connectivity index (χ0n) is 16.9. The Kier molecular flexibility index (Phi) is 7.04. The number of nitrogens with zero attached hydrogens (tertiary/aromatic N) is 1. The van der Waals surface area contributed by atoms with Crippen molar-refractivity contribution in [2.24, 2.45) is 5.92 Å². The Morgan fingerprint density at radius 1 is 1.04 bits per heavy atom. The first-order chi connectivity index (χ1) is 13.7. The van der Waals surface area contributed by atoms with Crippen molar-refractivity contribution in [1.82, 2.24) is 9.97 Å². The summed E-state index contributed by atoms with van der Waals surface area (Å²) in [7, 11) is 0. The summed E-state index contributed by atoms with van der Waals surface area (Å²) in [6, 6.07) is 16.8. The summed E-state index contributed by atoms with van der Waals surface area (Å²) in [6.07, 6.45) is 5.99. The SMILES string of the molecule is CCOC/C=C/c1ccc(-c2ncc(-c3ccc(NCC(C)C)cc3)[nH]2)cc1. The van der Waals surface area contributed by atoms with Crippen molar-refractivity contribution in [2.75, 3.05) is 25.1 Å². The van der Waals surface area contributed by atoms with Gasteiger partial charge >= 0.3 is 0 Å². The summed E-state index contributed by atoms with van der Waals surface area (Å²) < 4.78 is 5.32. The molecule has 0 aliphatic rings. The first kappa shape index (κ1) is 19.9. The lowest BCUT2D eigenvalue weighted by Crippen LogP contribution is -2.07. The highest BCUT2D eigenvalue weighted by molar-refractivity contribution is 5.67. The monoisotopic (exact) mass is 375 g/mol. The number of nitrogens with one attached hydrogen (secondary N) is 2. The molecule has 4 heteroatoms. The zero-order valence-corrected chi connectivity index (χ0v) is 16.9. The molecule has 0 saturated carbocycles. The molecule has 0 radical (unpaired) electrons. The molecule has 3 rings (SSSR count). The van der Waals surface area contributed by atoms with Crippen molar-refractivity contribution in [2.45, 2.75) is 20.8 Å². The molecule has 0 amide bonds. The molecule has 0 spiro atoms. The Morgan fingerprint density at radius 2 is 1.75 bits per heavy atom. The molecule has 2 aromatic carbocycles. The Morgan fingerprint density at radius 3 is 2.43 bits per heavy atom. The van der Waals surface area contributed by atoms with E-state index in [4.69, 9.17) is 4.74 Å². The van der Waals surface area contributed by atoms with Gasteiger partial charge in [-0.3, -0.25) is 0 Å². The van der Waals surface area contributed by atoms with E-state index >= 15 is 0 Å². The van der Waals surface area contributed by atoms with Crippen molar-refractivity contribution in [3.8, 4) is 22.6 Å². The fourth-order valence-electron chi connectivity index (χ4n) is 2.83. The molecule has 0 bridgehead atoms.